The van der Waals surface area contributed by atoms with E-state index in [9.17, 15) is 0 Å². The van der Waals surface area contributed by atoms with E-state index in [1.165, 1.54) is 0 Å². The highest BCUT2D eigenvalue weighted by Gasteiger charge is 1.99. The number of hydrogen-bond acceptors (Lipinski definition) is 3. The van der Waals surface area contributed by atoms with Crippen LogP contribution in [0.5, 0.6) is 0 Å². The minimum atomic E-state index is -0.162. The van der Waals surface area contributed by atoms with Crippen LogP contribution in [0.1, 0.15) is 20.3 Å². The summed E-state index contributed by atoms with van der Waals surface area (Å²) in [6, 6.07) is 1.89. The Bertz CT molecular complexity index is 97.7. The van der Waals surface area contributed by atoms with Crippen molar-refractivity contribution in [2.75, 3.05) is 6.61 Å². The maximum Gasteiger partial charge on any atom is 0.118 e. The summed E-state index contributed by atoms with van der Waals surface area (Å²) < 4.78 is 0. The first-order valence-corrected chi connectivity index (χ1v) is 3.12. The zero-order chi connectivity index (χ0) is 7.11. The van der Waals surface area contributed by atoms with Gasteiger partial charge >= 0.3 is 0 Å². The molecule has 1 unspecified atom stereocenters. The molecule has 3 heteroatoms. The molecule has 0 aromatic rings. The van der Waals surface area contributed by atoms with Crippen molar-refractivity contribution in [3.05, 3.63) is 0 Å². The molecule has 0 aliphatic heterocycles. The minimum Gasteiger partial charge on any atom is -0.301 e. The van der Waals surface area contributed by atoms with E-state index in [2.05, 4.69) is 11.5 Å². The largest absolute Gasteiger partial charge is 0.301 e. The second-order valence-corrected chi connectivity index (χ2v) is 1.64. The van der Waals surface area contributed by atoms with Gasteiger partial charge in [-0.2, -0.15) is 10.7 Å². The number of nitrogens with zero attached hydrogens (tertiary/aromatic N) is 1. The van der Waals surface area contributed by atoms with E-state index in [4.69, 9.17) is 10.1 Å². The van der Waals surface area contributed by atoms with Crippen molar-refractivity contribution in [2.24, 2.45) is 0 Å². The number of hydrogen-bond donors (Lipinski definition) is 1. The van der Waals surface area contributed by atoms with Gasteiger partial charge in [-0.25, -0.2) is 0 Å². The van der Waals surface area contributed by atoms with E-state index in [0.717, 1.165) is 6.42 Å². The lowest BCUT2D eigenvalue weighted by Crippen LogP contribution is -2.26. The first kappa shape index (κ1) is 8.41. The third kappa shape index (κ3) is 3.95. The summed E-state index contributed by atoms with van der Waals surface area (Å²) in [7, 11) is 0. The average Bonchev–Trinajstić information content (AvgIpc) is 1.91. The fourth-order valence-electron chi connectivity index (χ4n) is 0.385. The third-order valence-corrected chi connectivity index (χ3v) is 0.934. The van der Waals surface area contributed by atoms with Gasteiger partial charge in [0.05, 0.1) is 12.7 Å². The van der Waals surface area contributed by atoms with Crippen molar-refractivity contribution >= 4 is 0 Å². The first-order chi connectivity index (χ1) is 4.35. The highest BCUT2D eigenvalue weighted by Crippen LogP contribution is 1.86. The lowest BCUT2D eigenvalue weighted by molar-refractivity contribution is 0.0363. The molecule has 0 aromatic heterocycles. The van der Waals surface area contributed by atoms with Crippen LogP contribution in [0.15, 0.2) is 0 Å². The standard InChI is InChI=1S/C6H12N2O/c1-3-6(5-7)8-9-4-2/h6,8H,3-4H2,1-2H3. The summed E-state index contributed by atoms with van der Waals surface area (Å²) in [6.45, 7) is 4.40. The SMILES string of the molecule is CCONC(C#N)CC. The molecule has 9 heavy (non-hydrogen) atoms. The van der Waals surface area contributed by atoms with Gasteiger partial charge in [0, 0.05) is 0 Å². The summed E-state index contributed by atoms with van der Waals surface area (Å²) >= 11 is 0. The van der Waals surface area contributed by atoms with Crippen molar-refractivity contribution in [2.45, 2.75) is 26.3 Å². The first-order valence-electron chi connectivity index (χ1n) is 3.12. The number of nitrogens with one attached hydrogen (secondary N) is 1. The van der Waals surface area contributed by atoms with Crippen LogP contribution in [0.2, 0.25) is 0 Å². The van der Waals surface area contributed by atoms with Crippen LogP contribution in [0.4, 0.5) is 0 Å². The van der Waals surface area contributed by atoms with Crippen molar-refractivity contribution in [3.63, 3.8) is 0 Å². The van der Waals surface area contributed by atoms with Crippen molar-refractivity contribution < 1.29 is 4.84 Å². The smallest absolute Gasteiger partial charge is 0.118 e. The summed E-state index contributed by atoms with van der Waals surface area (Å²) in [5.41, 5.74) is 2.61. The summed E-state index contributed by atoms with van der Waals surface area (Å²) in [4.78, 5) is 4.80. The fraction of sp³-hybridized carbons (Fsp3) is 0.833. The Morgan fingerprint density at radius 3 is 2.67 bits per heavy atom. The zero-order valence-corrected chi connectivity index (χ0v) is 5.85. The fourth-order valence-corrected chi connectivity index (χ4v) is 0.385. The van der Waals surface area contributed by atoms with Gasteiger partial charge in [-0.1, -0.05) is 6.92 Å². The summed E-state index contributed by atoms with van der Waals surface area (Å²) in [5, 5.41) is 8.36. The van der Waals surface area contributed by atoms with Crippen molar-refractivity contribution in [1.29, 1.82) is 5.26 Å². The Kier molecular flexibility index (Phi) is 5.18. The van der Waals surface area contributed by atoms with Crippen molar-refractivity contribution in [1.82, 2.24) is 5.48 Å². The van der Waals surface area contributed by atoms with Gasteiger partial charge in [-0.15, -0.1) is 0 Å². The molecule has 0 saturated heterocycles. The molecule has 0 aliphatic rings. The predicted molar refractivity (Wildman–Crippen MR) is 34.5 cm³/mol. The van der Waals surface area contributed by atoms with Crippen LogP contribution < -0.4 is 5.48 Å². The van der Waals surface area contributed by atoms with Crippen LogP contribution in [-0.2, 0) is 4.84 Å². The normalized spacial score (nSPS) is 12.6. The maximum absolute atomic E-state index is 8.36. The van der Waals surface area contributed by atoms with E-state index >= 15 is 0 Å². The molecule has 0 bridgehead atoms. The monoisotopic (exact) mass is 128 g/mol. The molecule has 52 valence electrons. The molecule has 0 amide bonds. The summed E-state index contributed by atoms with van der Waals surface area (Å²) in [5.74, 6) is 0. The van der Waals surface area contributed by atoms with Gasteiger partial charge < -0.3 is 4.84 Å². The summed E-state index contributed by atoms with van der Waals surface area (Å²) in [6.07, 6.45) is 0.774. The Labute approximate surface area is 55.6 Å². The molecule has 0 aromatic carbocycles. The number of hydroxylamine groups is 1. The molecule has 0 spiro atoms. The predicted octanol–water partition coefficient (Wildman–Crippen LogP) is 0.830. The van der Waals surface area contributed by atoms with E-state index in [1.54, 1.807) is 0 Å². The Morgan fingerprint density at radius 1 is 1.67 bits per heavy atom. The van der Waals surface area contributed by atoms with Gasteiger partial charge in [-0.05, 0) is 13.3 Å². The average molecular weight is 128 g/mol. The lowest BCUT2D eigenvalue weighted by Gasteiger charge is -2.05. The van der Waals surface area contributed by atoms with Crippen LogP contribution in [0.3, 0.4) is 0 Å². The molecule has 3 nitrogen and oxygen atoms in total. The molecule has 0 fully saturated rings. The molecule has 0 saturated carbocycles. The molecule has 0 rings (SSSR count). The van der Waals surface area contributed by atoms with Gasteiger partial charge in [0.15, 0.2) is 0 Å². The van der Waals surface area contributed by atoms with Crippen molar-refractivity contribution in [3.8, 4) is 6.07 Å². The molecule has 0 aliphatic carbocycles. The highest BCUT2D eigenvalue weighted by molar-refractivity contribution is 4.85. The second kappa shape index (κ2) is 5.54. The topological polar surface area (TPSA) is 45.0 Å². The van der Waals surface area contributed by atoms with E-state index in [-0.39, 0.29) is 6.04 Å². The van der Waals surface area contributed by atoms with Crippen LogP contribution >= 0.6 is 0 Å². The maximum atomic E-state index is 8.36. The molecule has 0 radical (unpaired) electrons. The molecular weight excluding hydrogens is 116 g/mol. The third-order valence-electron chi connectivity index (χ3n) is 0.934. The van der Waals surface area contributed by atoms with Crippen LogP contribution in [0.25, 0.3) is 0 Å². The molecule has 1 N–H and O–H groups in total. The van der Waals surface area contributed by atoms with Gasteiger partial charge in [0.1, 0.15) is 6.04 Å². The highest BCUT2D eigenvalue weighted by atomic mass is 16.6. The van der Waals surface area contributed by atoms with Gasteiger partial charge in [-0.3, -0.25) is 0 Å². The second-order valence-electron chi connectivity index (χ2n) is 1.64. The lowest BCUT2D eigenvalue weighted by atomic mass is 10.3. The van der Waals surface area contributed by atoms with E-state index in [0.29, 0.717) is 6.61 Å². The van der Waals surface area contributed by atoms with E-state index < -0.39 is 0 Å². The number of rotatable bonds is 4. The molecule has 1 atom stereocenters. The van der Waals surface area contributed by atoms with Crippen LogP contribution in [0, 0.1) is 11.3 Å². The number of nitriles is 1. The van der Waals surface area contributed by atoms with Gasteiger partial charge in [0.25, 0.3) is 0 Å². The minimum absolute atomic E-state index is 0.162. The zero-order valence-electron chi connectivity index (χ0n) is 5.85. The quantitative estimate of drug-likeness (QED) is 0.570. The molecular formula is C6H12N2O. The van der Waals surface area contributed by atoms with E-state index in [1.807, 2.05) is 13.8 Å². The Morgan fingerprint density at radius 2 is 2.33 bits per heavy atom. The van der Waals surface area contributed by atoms with Crippen LogP contribution in [-0.4, -0.2) is 12.6 Å². The Hall–Kier alpha value is -0.590. The van der Waals surface area contributed by atoms with Gasteiger partial charge in [0.2, 0.25) is 0 Å². The molecule has 0 heterocycles. The Balaban J connectivity index is 3.23.